The van der Waals surface area contributed by atoms with Crippen LogP contribution in [0, 0.1) is 0 Å². The summed E-state index contributed by atoms with van der Waals surface area (Å²) >= 11 is 1.69. The largest absolute Gasteiger partial charge is 0.338 e. The maximum absolute atomic E-state index is 5.26. The van der Waals surface area contributed by atoms with Crippen molar-refractivity contribution in [2.24, 2.45) is 0 Å². The Balaban J connectivity index is 1.87. The molecule has 0 saturated heterocycles. The second-order valence-corrected chi connectivity index (χ2v) is 5.47. The van der Waals surface area contributed by atoms with E-state index in [-0.39, 0.29) is 5.25 Å². The minimum Gasteiger partial charge on any atom is -0.338 e. The van der Waals surface area contributed by atoms with Crippen molar-refractivity contribution in [1.82, 2.24) is 19.7 Å². The monoisotopic (exact) mass is 274 g/mol. The van der Waals surface area contributed by atoms with Crippen LogP contribution in [-0.2, 0) is 6.54 Å². The smallest absolute Gasteiger partial charge is 0.239 e. The Morgan fingerprint density at radius 3 is 3.05 bits per heavy atom. The van der Waals surface area contributed by atoms with Crippen LogP contribution in [0.1, 0.15) is 23.9 Å². The van der Waals surface area contributed by atoms with Crippen molar-refractivity contribution in [3.63, 3.8) is 0 Å². The van der Waals surface area contributed by atoms with Crippen LogP contribution in [0.25, 0.3) is 11.0 Å². The number of imidazole rings is 1. The number of thioether (sulfide) groups is 1. The molecule has 2 aromatic heterocycles. The SMILES string of the molecule is CSC(C)c1nc(Cn2cnc3ccccc32)no1. The zero-order valence-corrected chi connectivity index (χ0v) is 11.6. The molecule has 0 spiro atoms. The number of hydrogen-bond donors (Lipinski definition) is 0. The third-order valence-corrected chi connectivity index (χ3v) is 3.93. The van der Waals surface area contributed by atoms with E-state index in [1.807, 2.05) is 35.1 Å². The van der Waals surface area contributed by atoms with E-state index in [1.165, 1.54) is 0 Å². The lowest BCUT2D eigenvalue weighted by molar-refractivity contribution is 0.374. The minimum atomic E-state index is 0.223. The molecule has 2 heterocycles. The number of para-hydroxylation sites is 2. The van der Waals surface area contributed by atoms with Crippen LogP contribution in [0.4, 0.5) is 0 Å². The van der Waals surface area contributed by atoms with Crippen molar-refractivity contribution in [3.8, 4) is 0 Å². The second kappa shape index (κ2) is 5.05. The molecule has 0 fully saturated rings. The first kappa shape index (κ1) is 12.2. The number of benzene rings is 1. The number of nitrogens with zero attached hydrogens (tertiary/aromatic N) is 4. The summed E-state index contributed by atoms with van der Waals surface area (Å²) in [5.74, 6) is 1.35. The van der Waals surface area contributed by atoms with E-state index in [2.05, 4.69) is 22.0 Å². The summed E-state index contributed by atoms with van der Waals surface area (Å²) in [6.45, 7) is 2.62. The van der Waals surface area contributed by atoms with Crippen molar-refractivity contribution in [2.45, 2.75) is 18.7 Å². The standard InChI is InChI=1S/C13H14N4OS/c1-9(19-2)13-15-12(16-18-13)7-17-8-14-10-5-3-4-6-11(10)17/h3-6,8-9H,7H2,1-2H3. The molecule has 0 saturated carbocycles. The molecule has 19 heavy (non-hydrogen) atoms. The van der Waals surface area contributed by atoms with Gasteiger partial charge in [0.15, 0.2) is 5.82 Å². The Morgan fingerprint density at radius 1 is 1.37 bits per heavy atom. The minimum absolute atomic E-state index is 0.223. The van der Waals surface area contributed by atoms with Crippen LogP contribution < -0.4 is 0 Å². The van der Waals surface area contributed by atoms with Crippen LogP contribution in [0.15, 0.2) is 35.1 Å². The van der Waals surface area contributed by atoms with E-state index in [0.29, 0.717) is 18.3 Å². The predicted molar refractivity (Wildman–Crippen MR) is 75.1 cm³/mol. The molecule has 1 aromatic carbocycles. The molecular formula is C13H14N4OS. The summed E-state index contributed by atoms with van der Waals surface area (Å²) in [4.78, 5) is 8.76. The third kappa shape index (κ3) is 2.35. The van der Waals surface area contributed by atoms with Crippen molar-refractivity contribution in [2.75, 3.05) is 6.26 Å². The van der Waals surface area contributed by atoms with Crippen LogP contribution >= 0.6 is 11.8 Å². The quantitative estimate of drug-likeness (QED) is 0.732. The van der Waals surface area contributed by atoms with Gasteiger partial charge in [-0.25, -0.2) is 4.98 Å². The number of fused-ring (bicyclic) bond motifs is 1. The Morgan fingerprint density at radius 2 is 2.21 bits per heavy atom. The highest BCUT2D eigenvalue weighted by Crippen LogP contribution is 2.23. The third-order valence-electron chi connectivity index (χ3n) is 3.02. The van der Waals surface area contributed by atoms with E-state index < -0.39 is 0 Å². The molecule has 0 N–H and O–H groups in total. The summed E-state index contributed by atoms with van der Waals surface area (Å²) in [5, 5.41) is 4.24. The van der Waals surface area contributed by atoms with Gasteiger partial charge in [0.1, 0.15) is 0 Å². The second-order valence-electron chi connectivity index (χ2n) is 4.29. The maximum Gasteiger partial charge on any atom is 0.239 e. The highest BCUT2D eigenvalue weighted by atomic mass is 32.2. The zero-order chi connectivity index (χ0) is 13.2. The number of aromatic nitrogens is 4. The lowest BCUT2D eigenvalue weighted by Gasteiger charge is -2.00. The van der Waals surface area contributed by atoms with Gasteiger partial charge in [0.25, 0.3) is 0 Å². The Labute approximate surface area is 115 Å². The molecule has 0 aliphatic heterocycles. The van der Waals surface area contributed by atoms with Gasteiger partial charge in [-0.15, -0.1) is 0 Å². The molecule has 0 radical (unpaired) electrons. The van der Waals surface area contributed by atoms with Crippen LogP contribution in [0.3, 0.4) is 0 Å². The molecular weight excluding hydrogens is 260 g/mol. The van der Waals surface area contributed by atoms with Crippen molar-refractivity contribution >= 4 is 22.8 Å². The van der Waals surface area contributed by atoms with Gasteiger partial charge >= 0.3 is 0 Å². The molecule has 3 rings (SSSR count). The molecule has 6 heteroatoms. The van der Waals surface area contributed by atoms with Gasteiger partial charge in [-0.2, -0.15) is 16.7 Å². The summed E-state index contributed by atoms with van der Waals surface area (Å²) in [6.07, 6.45) is 3.83. The van der Waals surface area contributed by atoms with E-state index >= 15 is 0 Å². The molecule has 0 aliphatic carbocycles. The van der Waals surface area contributed by atoms with Gasteiger partial charge in [0, 0.05) is 0 Å². The fraction of sp³-hybridized carbons (Fsp3) is 0.308. The van der Waals surface area contributed by atoms with Crippen molar-refractivity contribution in [3.05, 3.63) is 42.3 Å². The predicted octanol–water partition coefficient (Wildman–Crippen LogP) is 2.89. The van der Waals surface area contributed by atoms with Crippen LogP contribution in [0.2, 0.25) is 0 Å². The van der Waals surface area contributed by atoms with Crippen molar-refractivity contribution in [1.29, 1.82) is 0 Å². The van der Waals surface area contributed by atoms with Crippen molar-refractivity contribution < 1.29 is 4.52 Å². The van der Waals surface area contributed by atoms with Gasteiger partial charge in [0.2, 0.25) is 5.89 Å². The average Bonchev–Trinajstić information content (AvgIpc) is 3.06. The van der Waals surface area contributed by atoms with E-state index in [9.17, 15) is 0 Å². The zero-order valence-electron chi connectivity index (χ0n) is 10.8. The highest BCUT2D eigenvalue weighted by Gasteiger charge is 2.13. The molecule has 0 aliphatic rings. The Kier molecular flexibility index (Phi) is 3.25. The fourth-order valence-electron chi connectivity index (χ4n) is 1.89. The van der Waals surface area contributed by atoms with Gasteiger partial charge in [-0.05, 0) is 25.3 Å². The first-order chi connectivity index (χ1) is 9.28. The van der Waals surface area contributed by atoms with Gasteiger partial charge in [-0.3, -0.25) is 0 Å². The number of hydrogen-bond acceptors (Lipinski definition) is 5. The normalized spacial score (nSPS) is 12.9. The lowest BCUT2D eigenvalue weighted by Crippen LogP contribution is -2.00. The lowest BCUT2D eigenvalue weighted by atomic mass is 10.3. The molecule has 98 valence electrons. The van der Waals surface area contributed by atoms with E-state index in [0.717, 1.165) is 11.0 Å². The highest BCUT2D eigenvalue weighted by molar-refractivity contribution is 7.98. The Hall–Kier alpha value is -1.82. The first-order valence-electron chi connectivity index (χ1n) is 6.03. The average molecular weight is 274 g/mol. The molecule has 0 bridgehead atoms. The molecule has 0 amide bonds. The van der Waals surface area contributed by atoms with Gasteiger partial charge in [-0.1, -0.05) is 17.3 Å². The summed E-state index contributed by atoms with van der Waals surface area (Å²) < 4.78 is 7.28. The summed E-state index contributed by atoms with van der Waals surface area (Å²) in [6, 6.07) is 8.00. The Bertz CT molecular complexity index is 691. The van der Waals surface area contributed by atoms with Gasteiger partial charge < -0.3 is 9.09 Å². The van der Waals surface area contributed by atoms with Gasteiger partial charge in [0.05, 0.1) is 29.2 Å². The molecule has 1 unspecified atom stereocenters. The number of rotatable bonds is 4. The molecule has 3 aromatic rings. The molecule has 1 atom stereocenters. The first-order valence-corrected chi connectivity index (χ1v) is 7.32. The van der Waals surface area contributed by atoms with E-state index in [1.54, 1.807) is 18.1 Å². The topological polar surface area (TPSA) is 56.7 Å². The maximum atomic E-state index is 5.26. The fourth-order valence-corrected chi connectivity index (χ4v) is 2.18. The van der Waals surface area contributed by atoms with E-state index in [4.69, 9.17) is 4.52 Å². The summed E-state index contributed by atoms with van der Waals surface area (Å²) in [5.41, 5.74) is 2.05. The van der Waals surface area contributed by atoms with Crippen LogP contribution in [-0.4, -0.2) is 25.9 Å². The molecule has 5 nitrogen and oxygen atoms in total. The van der Waals surface area contributed by atoms with Crippen LogP contribution in [0.5, 0.6) is 0 Å². The summed E-state index contributed by atoms with van der Waals surface area (Å²) in [7, 11) is 0.